The molecule has 1 unspecified atom stereocenters. The Kier molecular flexibility index (Phi) is 10.6. The number of hydrogen-bond acceptors (Lipinski definition) is 3. The Labute approximate surface area is 147 Å². The number of carboxylic acids is 1. The molecule has 0 amide bonds. The summed E-state index contributed by atoms with van der Waals surface area (Å²) in [6, 6.07) is 0.195. The third-order valence-electron chi connectivity index (χ3n) is 4.86. The molecule has 1 aliphatic heterocycles. The van der Waals surface area contributed by atoms with Crippen LogP contribution in [0.3, 0.4) is 0 Å². The molecule has 0 spiro atoms. The monoisotopic (exact) mass is 361 g/mol. The van der Waals surface area contributed by atoms with Crippen molar-refractivity contribution in [1.29, 1.82) is 0 Å². The molecular weight excluding hydrogens is 326 g/mol. The summed E-state index contributed by atoms with van der Waals surface area (Å²) in [6.07, 6.45) is 12.1. The average Bonchev–Trinajstić information content (AvgIpc) is 3.00. The first-order valence-corrected chi connectivity index (χ1v) is 11.3. The van der Waals surface area contributed by atoms with Crippen LogP contribution in [0.25, 0.3) is 0 Å². The summed E-state index contributed by atoms with van der Waals surface area (Å²) in [5, 5.41) is 8.59. The van der Waals surface area contributed by atoms with Crippen LogP contribution in [-0.2, 0) is 14.8 Å². The van der Waals surface area contributed by atoms with E-state index in [2.05, 4.69) is 6.92 Å². The highest BCUT2D eigenvalue weighted by Gasteiger charge is 2.32. The van der Waals surface area contributed by atoms with Crippen molar-refractivity contribution < 1.29 is 18.3 Å². The highest BCUT2D eigenvalue weighted by Crippen LogP contribution is 2.26. The number of carbonyl (C=O) groups is 1. The summed E-state index contributed by atoms with van der Waals surface area (Å²) in [7, 11) is -3.08. The van der Waals surface area contributed by atoms with Crippen molar-refractivity contribution in [1.82, 2.24) is 4.31 Å². The third kappa shape index (κ3) is 8.47. The topological polar surface area (TPSA) is 74.7 Å². The zero-order valence-electron chi connectivity index (χ0n) is 15.2. The second-order valence-corrected chi connectivity index (χ2v) is 9.02. The highest BCUT2D eigenvalue weighted by atomic mass is 32.2. The van der Waals surface area contributed by atoms with Gasteiger partial charge in [-0.2, -0.15) is 4.31 Å². The minimum atomic E-state index is -3.08. The molecule has 1 N–H and O–H groups in total. The molecule has 0 aliphatic carbocycles. The van der Waals surface area contributed by atoms with Gasteiger partial charge in [0, 0.05) is 19.0 Å². The van der Waals surface area contributed by atoms with Crippen LogP contribution in [0.15, 0.2) is 0 Å². The number of hydrogen-bond donors (Lipinski definition) is 1. The van der Waals surface area contributed by atoms with Gasteiger partial charge in [-0.3, -0.25) is 4.79 Å². The SMILES string of the molecule is CCCCCCS(=O)(=O)N1CCCC1CCCCCCCC(=O)O. The molecule has 142 valence electrons. The van der Waals surface area contributed by atoms with Gasteiger partial charge in [-0.05, 0) is 32.1 Å². The molecule has 24 heavy (non-hydrogen) atoms. The van der Waals surface area contributed by atoms with Crippen molar-refractivity contribution in [3.63, 3.8) is 0 Å². The molecule has 1 fully saturated rings. The Bertz CT molecular complexity index is 450. The van der Waals surface area contributed by atoms with Crippen molar-refractivity contribution in [2.75, 3.05) is 12.3 Å². The molecule has 0 radical (unpaired) electrons. The standard InChI is InChI=1S/C18H35NO4S/c1-2-3-4-10-16-24(22,23)19-15-11-13-17(19)12-8-6-5-7-9-14-18(20)21/h17H,2-16H2,1H3,(H,20,21). The summed E-state index contributed by atoms with van der Waals surface area (Å²) >= 11 is 0. The van der Waals surface area contributed by atoms with Crippen molar-refractivity contribution >= 4 is 16.0 Å². The number of sulfonamides is 1. The van der Waals surface area contributed by atoms with Crippen LogP contribution in [0.4, 0.5) is 0 Å². The smallest absolute Gasteiger partial charge is 0.303 e. The predicted octanol–water partition coefficient (Wildman–Crippen LogP) is 4.18. The number of aliphatic carboxylic acids is 1. The molecule has 0 aromatic heterocycles. The van der Waals surface area contributed by atoms with E-state index in [4.69, 9.17) is 5.11 Å². The van der Waals surface area contributed by atoms with E-state index in [1.165, 1.54) is 0 Å². The number of rotatable bonds is 14. The van der Waals surface area contributed by atoms with Gasteiger partial charge >= 0.3 is 5.97 Å². The molecule has 1 aliphatic rings. The number of carboxylic acid groups (broad SMARTS) is 1. The second-order valence-electron chi connectivity index (χ2n) is 6.98. The largest absolute Gasteiger partial charge is 0.481 e. The maximum absolute atomic E-state index is 12.5. The number of unbranched alkanes of at least 4 members (excludes halogenated alkanes) is 7. The summed E-state index contributed by atoms with van der Waals surface area (Å²) < 4.78 is 26.8. The zero-order chi connectivity index (χ0) is 17.8. The van der Waals surface area contributed by atoms with Crippen LogP contribution in [0.5, 0.6) is 0 Å². The Hall–Kier alpha value is -0.620. The normalized spacial score (nSPS) is 19.0. The molecule has 0 bridgehead atoms. The van der Waals surface area contributed by atoms with E-state index in [1.54, 1.807) is 4.31 Å². The Balaban J connectivity index is 2.23. The Morgan fingerprint density at radius 1 is 1.04 bits per heavy atom. The van der Waals surface area contributed by atoms with Gasteiger partial charge < -0.3 is 5.11 Å². The second kappa shape index (κ2) is 11.9. The van der Waals surface area contributed by atoms with Crippen LogP contribution in [-0.4, -0.2) is 42.1 Å². The lowest BCUT2D eigenvalue weighted by atomic mass is 10.0. The minimum absolute atomic E-state index is 0.195. The lowest BCUT2D eigenvalue weighted by Crippen LogP contribution is -2.37. The van der Waals surface area contributed by atoms with Gasteiger partial charge in [0.05, 0.1) is 5.75 Å². The molecule has 6 heteroatoms. The summed E-state index contributed by atoms with van der Waals surface area (Å²) in [5.74, 6) is -0.417. The minimum Gasteiger partial charge on any atom is -0.481 e. The third-order valence-corrected chi connectivity index (χ3v) is 6.86. The van der Waals surface area contributed by atoms with E-state index in [9.17, 15) is 13.2 Å². The summed E-state index contributed by atoms with van der Waals surface area (Å²) in [4.78, 5) is 10.4. The van der Waals surface area contributed by atoms with Crippen LogP contribution < -0.4 is 0 Å². The van der Waals surface area contributed by atoms with Crippen LogP contribution >= 0.6 is 0 Å². The van der Waals surface area contributed by atoms with Crippen LogP contribution in [0, 0.1) is 0 Å². The quantitative estimate of drug-likeness (QED) is 0.471. The molecule has 0 aromatic rings. The predicted molar refractivity (Wildman–Crippen MR) is 97.6 cm³/mol. The molecule has 5 nitrogen and oxygen atoms in total. The van der Waals surface area contributed by atoms with Gasteiger partial charge in [0.1, 0.15) is 0 Å². The van der Waals surface area contributed by atoms with Crippen molar-refractivity contribution in [2.45, 2.75) is 96.4 Å². The molecule has 1 rings (SSSR count). The first-order valence-electron chi connectivity index (χ1n) is 9.68. The van der Waals surface area contributed by atoms with Gasteiger partial charge in [-0.15, -0.1) is 0 Å². The highest BCUT2D eigenvalue weighted by molar-refractivity contribution is 7.89. The molecular formula is C18H35NO4S. The lowest BCUT2D eigenvalue weighted by molar-refractivity contribution is -0.137. The average molecular weight is 362 g/mol. The zero-order valence-corrected chi connectivity index (χ0v) is 16.0. The first kappa shape index (κ1) is 21.4. The number of nitrogens with zero attached hydrogens (tertiary/aromatic N) is 1. The lowest BCUT2D eigenvalue weighted by Gasteiger charge is -2.24. The summed E-state index contributed by atoms with van der Waals surface area (Å²) in [5.41, 5.74) is 0. The van der Waals surface area contributed by atoms with Gasteiger partial charge in [0.2, 0.25) is 10.0 Å². The van der Waals surface area contributed by atoms with E-state index in [0.717, 1.165) is 77.0 Å². The van der Waals surface area contributed by atoms with Crippen molar-refractivity contribution in [3.05, 3.63) is 0 Å². The van der Waals surface area contributed by atoms with Gasteiger partial charge in [-0.25, -0.2) is 8.42 Å². The molecule has 0 aromatic carbocycles. The van der Waals surface area contributed by atoms with Gasteiger partial charge in [0.15, 0.2) is 0 Å². The molecule has 1 heterocycles. The Morgan fingerprint density at radius 3 is 2.42 bits per heavy atom. The molecule has 1 saturated heterocycles. The molecule has 0 saturated carbocycles. The van der Waals surface area contributed by atoms with Crippen molar-refractivity contribution in [3.8, 4) is 0 Å². The first-order chi connectivity index (χ1) is 11.5. The van der Waals surface area contributed by atoms with Gasteiger partial charge in [0.25, 0.3) is 0 Å². The Morgan fingerprint density at radius 2 is 1.71 bits per heavy atom. The van der Waals surface area contributed by atoms with Crippen LogP contribution in [0.1, 0.15) is 90.4 Å². The molecule has 1 atom stereocenters. The maximum Gasteiger partial charge on any atom is 0.303 e. The van der Waals surface area contributed by atoms with E-state index in [1.807, 2.05) is 0 Å². The van der Waals surface area contributed by atoms with E-state index >= 15 is 0 Å². The fourth-order valence-corrected chi connectivity index (χ4v) is 5.35. The van der Waals surface area contributed by atoms with E-state index in [-0.39, 0.29) is 12.5 Å². The van der Waals surface area contributed by atoms with Crippen LogP contribution in [0.2, 0.25) is 0 Å². The van der Waals surface area contributed by atoms with Gasteiger partial charge in [-0.1, -0.05) is 51.9 Å². The maximum atomic E-state index is 12.5. The van der Waals surface area contributed by atoms with E-state index in [0.29, 0.717) is 12.3 Å². The van der Waals surface area contributed by atoms with Crippen molar-refractivity contribution in [2.24, 2.45) is 0 Å². The van der Waals surface area contributed by atoms with E-state index < -0.39 is 16.0 Å². The summed E-state index contributed by atoms with van der Waals surface area (Å²) in [6.45, 7) is 2.83. The fourth-order valence-electron chi connectivity index (χ4n) is 3.48. The fraction of sp³-hybridized carbons (Fsp3) is 0.944.